The first-order valence-corrected chi connectivity index (χ1v) is 15.0. The van der Waals surface area contributed by atoms with Gasteiger partial charge in [0.15, 0.2) is 22.9 Å². The van der Waals surface area contributed by atoms with E-state index in [0.717, 1.165) is 75.7 Å². The molecule has 0 bridgehead atoms. The number of hydrogen-bond acceptors (Lipinski definition) is 7. The Morgan fingerprint density at radius 2 is 1.86 bits per heavy atom. The predicted octanol–water partition coefficient (Wildman–Crippen LogP) is 7.06. The van der Waals surface area contributed by atoms with Gasteiger partial charge in [0.05, 0.1) is 39.0 Å². The summed E-state index contributed by atoms with van der Waals surface area (Å²) in [6.07, 6.45) is 6.34. The number of likely N-dealkylation sites (tertiary alicyclic amines) is 1. The van der Waals surface area contributed by atoms with Crippen molar-refractivity contribution in [1.29, 1.82) is 0 Å². The molecule has 1 fully saturated rings. The maximum absolute atomic E-state index is 13.7. The van der Waals surface area contributed by atoms with Gasteiger partial charge in [-0.3, -0.25) is 9.28 Å². The van der Waals surface area contributed by atoms with E-state index in [1.54, 1.807) is 31.4 Å². The molecule has 0 saturated carbocycles. The number of piperidine rings is 1. The minimum absolute atomic E-state index is 0. The van der Waals surface area contributed by atoms with E-state index in [2.05, 4.69) is 17.4 Å². The van der Waals surface area contributed by atoms with E-state index in [-0.39, 0.29) is 37.8 Å². The second-order valence-corrected chi connectivity index (χ2v) is 11.2. The molecule has 1 aliphatic rings. The third-order valence-electron chi connectivity index (χ3n) is 8.13. The van der Waals surface area contributed by atoms with Gasteiger partial charge >= 0.3 is 6.09 Å². The fourth-order valence-electron chi connectivity index (χ4n) is 5.61. The van der Waals surface area contributed by atoms with Crippen LogP contribution in [0.15, 0.2) is 40.9 Å². The molecule has 1 N–H and O–H groups in total. The first kappa shape index (κ1) is 33.8. The van der Waals surface area contributed by atoms with Crippen LogP contribution in [0.2, 0.25) is 0 Å². The average molecular weight is 600 g/mol. The molecule has 4 rings (SSSR count). The fourth-order valence-corrected chi connectivity index (χ4v) is 5.61. The van der Waals surface area contributed by atoms with Crippen LogP contribution in [0.25, 0.3) is 11.0 Å². The van der Waals surface area contributed by atoms with Crippen molar-refractivity contribution in [2.75, 3.05) is 46.6 Å². The zero-order valence-corrected chi connectivity index (χ0v) is 26.0. The van der Waals surface area contributed by atoms with Crippen LogP contribution in [0.3, 0.4) is 0 Å². The predicted molar refractivity (Wildman–Crippen MR) is 164 cm³/mol. The molecule has 0 atom stereocenters. The molecular formula is C33H46FN3O6. The van der Waals surface area contributed by atoms with E-state index in [1.165, 1.54) is 19.1 Å². The van der Waals surface area contributed by atoms with Gasteiger partial charge in [-0.05, 0) is 43.7 Å². The number of nitrogens with one attached hydrogen (secondary N) is 1. The summed E-state index contributed by atoms with van der Waals surface area (Å²) in [5, 5.41) is 8.01. The third kappa shape index (κ3) is 9.16. The molecule has 0 spiro atoms. The van der Waals surface area contributed by atoms with E-state index in [1.807, 2.05) is 0 Å². The highest BCUT2D eigenvalue weighted by Gasteiger charge is 2.37. The minimum atomic E-state index is -0.387. The quantitative estimate of drug-likeness (QED) is 0.0864. The molecule has 0 unspecified atom stereocenters. The molecule has 9 nitrogen and oxygen atoms in total. The summed E-state index contributed by atoms with van der Waals surface area (Å²) in [7, 11) is 1.55. The maximum atomic E-state index is 13.7. The van der Waals surface area contributed by atoms with Crippen LogP contribution in [0.4, 0.5) is 9.18 Å². The molecule has 3 aromatic rings. The summed E-state index contributed by atoms with van der Waals surface area (Å²) < 4.78 is 36.9. The van der Waals surface area contributed by atoms with Crippen LogP contribution in [0, 0.1) is 13.2 Å². The molecule has 10 heteroatoms. The van der Waals surface area contributed by atoms with Gasteiger partial charge in [0.2, 0.25) is 6.73 Å². The molecule has 1 saturated heterocycles. The van der Waals surface area contributed by atoms with E-state index >= 15 is 0 Å². The standard InChI is InChI=1S/C32H42FN3O6.CH3/c1-4-5-6-7-15-34-32(38)41-22-36(16-8-19-40-28-12-9-25(23(2)37)20-30(28)39-3)17-13-24(14-18-36)31-27-11-10-26(33)21-29(27)42-35-31;/h9-12,20-21,24H,4-8,13-19,22H2,1-3H3;1H3/q;-1/p+1. The van der Waals surface area contributed by atoms with Gasteiger partial charge in [-0.15, -0.1) is 0 Å². The Morgan fingerprint density at radius 3 is 2.58 bits per heavy atom. The van der Waals surface area contributed by atoms with Crippen LogP contribution >= 0.6 is 0 Å². The van der Waals surface area contributed by atoms with Gasteiger partial charge in [0, 0.05) is 48.7 Å². The SMILES string of the molecule is CCCCCCNC(=O)OC[N+]1(CCCOc2ccc(C(C)=O)cc2OC)CCC(c2noc3cc(F)ccc23)CC1.[CH3-]. The number of Topliss-reactive ketones (excluding diaryl/α,β-unsaturated/α-hetero) is 1. The van der Waals surface area contributed by atoms with Crippen molar-refractivity contribution >= 4 is 22.8 Å². The minimum Gasteiger partial charge on any atom is -0.493 e. The van der Waals surface area contributed by atoms with Crippen molar-refractivity contribution in [1.82, 2.24) is 10.5 Å². The molecular weight excluding hydrogens is 553 g/mol. The molecule has 2 aromatic carbocycles. The van der Waals surface area contributed by atoms with Crippen molar-refractivity contribution in [2.45, 2.75) is 64.7 Å². The number of carbonyl (C=O) groups is 2. The summed E-state index contributed by atoms with van der Waals surface area (Å²) in [5.74, 6) is 0.896. The Hall–Kier alpha value is -3.66. The molecule has 43 heavy (non-hydrogen) atoms. The van der Waals surface area contributed by atoms with Crippen LogP contribution in [-0.4, -0.2) is 68.1 Å². The number of amides is 1. The Bertz CT molecular complexity index is 1340. The van der Waals surface area contributed by atoms with Gasteiger partial charge < -0.3 is 31.5 Å². The van der Waals surface area contributed by atoms with E-state index < -0.39 is 0 Å². The molecule has 1 amide bonds. The molecule has 2 heterocycles. The number of alkyl carbamates (subject to hydrolysis) is 1. The Morgan fingerprint density at radius 1 is 1.07 bits per heavy atom. The number of carbonyl (C=O) groups excluding carboxylic acids is 2. The maximum Gasteiger partial charge on any atom is 0.411 e. The lowest BCUT2D eigenvalue weighted by atomic mass is 9.90. The molecule has 0 aliphatic carbocycles. The van der Waals surface area contributed by atoms with Crippen molar-refractivity contribution in [3.63, 3.8) is 0 Å². The summed E-state index contributed by atoms with van der Waals surface area (Å²) >= 11 is 0. The number of rotatable bonds is 15. The summed E-state index contributed by atoms with van der Waals surface area (Å²) in [6, 6.07) is 9.71. The summed E-state index contributed by atoms with van der Waals surface area (Å²) in [5.41, 5.74) is 1.88. The van der Waals surface area contributed by atoms with Crippen molar-refractivity contribution < 1.29 is 37.2 Å². The number of hydrogen-bond donors (Lipinski definition) is 1. The number of aromatic nitrogens is 1. The largest absolute Gasteiger partial charge is 0.493 e. The van der Waals surface area contributed by atoms with Gasteiger partial charge in [-0.1, -0.05) is 31.3 Å². The summed E-state index contributed by atoms with van der Waals surface area (Å²) in [4.78, 5) is 24.2. The smallest absolute Gasteiger partial charge is 0.411 e. The van der Waals surface area contributed by atoms with Crippen LogP contribution < -0.4 is 14.8 Å². The van der Waals surface area contributed by atoms with E-state index in [4.69, 9.17) is 18.7 Å². The molecule has 1 aromatic heterocycles. The lowest BCUT2D eigenvalue weighted by Crippen LogP contribution is -2.55. The number of nitrogens with zero attached hydrogens (tertiary/aromatic N) is 2. The number of ether oxygens (including phenoxy) is 3. The Labute approximate surface area is 254 Å². The highest BCUT2D eigenvalue weighted by Crippen LogP contribution is 2.35. The second kappa shape index (κ2) is 16.3. The normalized spacial score (nSPS) is 18.1. The first-order valence-electron chi connectivity index (χ1n) is 15.0. The molecule has 1 aliphatic heterocycles. The number of unbranched alkanes of at least 4 members (excludes halogenated alkanes) is 3. The molecule has 0 radical (unpaired) electrons. The van der Waals surface area contributed by atoms with E-state index in [0.29, 0.717) is 40.3 Å². The van der Waals surface area contributed by atoms with Gasteiger partial charge in [-0.25, -0.2) is 9.18 Å². The number of ketones is 1. The van der Waals surface area contributed by atoms with Gasteiger partial charge in [0.25, 0.3) is 0 Å². The van der Waals surface area contributed by atoms with Crippen LogP contribution in [0.5, 0.6) is 11.5 Å². The number of quaternary nitrogens is 1. The van der Waals surface area contributed by atoms with Crippen molar-refractivity contribution in [2.24, 2.45) is 0 Å². The topological polar surface area (TPSA) is 99.9 Å². The van der Waals surface area contributed by atoms with Crippen molar-refractivity contribution in [3.8, 4) is 11.5 Å². The van der Waals surface area contributed by atoms with Crippen LogP contribution in [0.1, 0.15) is 80.8 Å². The zero-order chi connectivity index (χ0) is 30.0. The highest BCUT2D eigenvalue weighted by atomic mass is 19.1. The van der Waals surface area contributed by atoms with Gasteiger partial charge in [-0.2, -0.15) is 0 Å². The highest BCUT2D eigenvalue weighted by molar-refractivity contribution is 5.94. The Kier molecular flexibility index (Phi) is 12.8. The number of methoxy groups -OCH3 is 1. The number of benzene rings is 2. The van der Waals surface area contributed by atoms with E-state index in [9.17, 15) is 14.0 Å². The first-order chi connectivity index (χ1) is 20.3. The zero-order valence-electron chi connectivity index (χ0n) is 26.0. The fraction of sp³-hybridized carbons (Fsp3) is 0.515. The number of halogens is 1. The number of fused-ring (bicyclic) bond motifs is 1. The third-order valence-corrected chi connectivity index (χ3v) is 8.13. The monoisotopic (exact) mass is 599 g/mol. The Balaban J connectivity index is 0.00000506. The molecule has 236 valence electrons. The lowest BCUT2D eigenvalue weighted by Gasteiger charge is -2.42. The van der Waals surface area contributed by atoms with Gasteiger partial charge in [0.1, 0.15) is 5.82 Å². The second-order valence-electron chi connectivity index (χ2n) is 11.2. The average Bonchev–Trinajstić information content (AvgIpc) is 3.41. The summed E-state index contributed by atoms with van der Waals surface area (Å²) in [6.45, 7) is 7.35. The van der Waals surface area contributed by atoms with Crippen molar-refractivity contribution in [3.05, 3.63) is 60.9 Å². The van der Waals surface area contributed by atoms with Crippen LogP contribution in [-0.2, 0) is 4.74 Å². The lowest BCUT2D eigenvalue weighted by molar-refractivity contribution is -0.948.